The van der Waals surface area contributed by atoms with Crippen LogP contribution in [-0.2, 0) is 24.2 Å². The van der Waals surface area contributed by atoms with Crippen LogP contribution in [0.25, 0.3) is 0 Å². The van der Waals surface area contributed by atoms with E-state index in [0.29, 0.717) is 13.1 Å². The first-order chi connectivity index (χ1) is 10.2. The first kappa shape index (κ1) is 14.3. The molecule has 0 bridgehead atoms. The van der Waals surface area contributed by atoms with E-state index in [1.165, 1.54) is 24.1 Å². The van der Waals surface area contributed by atoms with Gasteiger partial charge in [0.2, 0.25) is 5.91 Å². The van der Waals surface area contributed by atoms with Gasteiger partial charge in [-0.15, -0.1) is 0 Å². The number of carbonyl (C=O) groups is 1. The van der Waals surface area contributed by atoms with Crippen LogP contribution in [0.3, 0.4) is 0 Å². The van der Waals surface area contributed by atoms with E-state index in [1.807, 2.05) is 7.05 Å². The second-order valence-electron chi connectivity index (χ2n) is 6.08. The Labute approximate surface area is 126 Å². The van der Waals surface area contributed by atoms with Gasteiger partial charge in [0, 0.05) is 37.9 Å². The number of likely N-dealkylation sites (N-methyl/N-ethyl adjacent to an activating group) is 1. The second-order valence-corrected chi connectivity index (χ2v) is 6.08. The summed E-state index contributed by atoms with van der Waals surface area (Å²) in [6.45, 7) is 2.58. The number of anilines is 1. The van der Waals surface area contributed by atoms with Gasteiger partial charge >= 0.3 is 0 Å². The molecule has 1 aliphatic heterocycles. The van der Waals surface area contributed by atoms with Crippen molar-refractivity contribution in [2.75, 3.05) is 31.6 Å². The number of aromatic nitrogens is 1. The summed E-state index contributed by atoms with van der Waals surface area (Å²) < 4.78 is 0. The van der Waals surface area contributed by atoms with Gasteiger partial charge in [-0.05, 0) is 43.7 Å². The number of hydrogen-bond acceptors (Lipinski definition) is 4. The molecule has 2 heterocycles. The quantitative estimate of drug-likeness (QED) is 0.885. The molecule has 0 unspecified atom stereocenters. The van der Waals surface area contributed by atoms with Crippen molar-refractivity contribution in [2.24, 2.45) is 5.73 Å². The third-order valence-corrected chi connectivity index (χ3v) is 4.55. The Morgan fingerprint density at radius 2 is 2.05 bits per heavy atom. The van der Waals surface area contributed by atoms with Gasteiger partial charge in [-0.2, -0.15) is 0 Å². The molecule has 0 spiro atoms. The molecule has 0 atom stereocenters. The second kappa shape index (κ2) is 6.02. The molecule has 1 aliphatic carbocycles. The summed E-state index contributed by atoms with van der Waals surface area (Å²) in [7, 11) is 1.87. The summed E-state index contributed by atoms with van der Waals surface area (Å²) in [4.78, 5) is 20.9. The van der Waals surface area contributed by atoms with E-state index in [9.17, 15) is 4.79 Å². The Hall–Kier alpha value is -1.62. The van der Waals surface area contributed by atoms with Crippen molar-refractivity contribution in [1.82, 2.24) is 9.88 Å². The molecule has 1 saturated heterocycles. The highest BCUT2D eigenvalue weighted by atomic mass is 16.2. The number of carbonyl (C=O) groups excluding carboxylic acids is 1. The standard InChI is InChI=1S/C16H24N4O/c1-19-7-4-8-20(11-15(19)21)16-13(10-17)9-12-5-2-3-6-14(12)18-16/h9H,2-8,10-11,17H2,1H3. The average Bonchev–Trinajstić information content (AvgIpc) is 2.68. The van der Waals surface area contributed by atoms with Crippen LogP contribution in [0.4, 0.5) is 5.82 Å². The Balaban J connectivity index is 1.94. The van der Waals surface area contributed by atoms with Gasteiger partial charge in [-0.1, -0.05) is 0 Å². The molecule has 0 radical (unpaired) electrons. The molecule has 1 amide bonds. The molecule has 5 nitrogen and oxygen atoms in total. The van der Waals surface area contributed by atoms with Crippen molar-refractivity contribution in [1.29, 1.82) is 0 Å². The average molecular weight is 288 g/mol. The fourth-order valence-electron chi connectivity index (χ4n) is 3.26. The van der Waals surface area contributed by atoms with Crippen LogP contribution in [0.5, 0.6) is 0 Å². The van der Waals surface area contributed by atoms with Crippen molar-refractivity contribution in [2.45, 2.75) is 38.6 Å². The molecule has 2 aliphatic rings. The molecule has 3 rings (SSSR count). The van der Waals surface area contributed by atoms with Crippen LogP contribution in [-0.4, -0.2) is 42.5 Å². The first-order valence-corrected chi connectivity index (χ1v) is 7.89. The van der Waals surface area contributed by atoms with Crippen LogP contribution in [0.15, 0.2) is 6.07 Å². The zero-order chi connectivity index (χ0) is 14.8. The van der Waals surface area contributed by atoms with E-state index >= 15 is 0 Å². The van der Waals surface area contributed by atoms with Crippen LogP contribution in [0, 0.1) is 0 Å². The Kier molecular flexibility index (Phi) is 4.10. The summed E-state index contributed by atoms with van der Waals surface area (Å²) in [6, 6.07) is 2.22. The monoisotopic (exact) mass is 288 g/mol. The summed E-state index contributed by atoms with van der Waals surface area (Å²) in [5.74, 6) is 1.09. The lowest BCUT2D eigenvalue weighted by atomic mass is 9.94. The number of rotatable bonds is 2. The number of hydrogen-bond donors (Lipinski definition) is 1. The highest BCUT2D eigenvalue weighted by Gasteiger charge is 2.23. The van der Waals surface area contributed by atoms with Gasteiger partial charge in [-0.25, -0.2) is 4.98 Å². The smallest absolute Gasteiger partial charge is 0.241 e. The maximum absolute atomic E-state index is 12.1. The molecule has 5 heteroatoms. The minimum absolute atomic E-state index is 0.162. The summed E-state index contributed by atoms with van der Waals surface area (Å²) in [6.07, 6.45) is 5.59. The highest BCUT2D eigenvalue weighted by Crippen LogP contribution is 2.27. The number of nitrogens with two attached hydrogens (primary N) is 1. The van der Waals surface area contributed by atoms with E-state index < -0.39 is 0 Å². The largest absolute Gasteiger partial charge is 0.347 e. The van der Waals surface area contributed by atoms with Gasteiger partial charge < -0.3 is 15.5 Å². The highest BCUT2D eigenvalue weighted by molar-refractivity contribution is 5.81. The van der Waals surface area contributed by atoms with Crippen molar-refractivity contribution in [3.8, 4) is 0 Å². The van der Waals surface area contributed by atoms with Gasteiger partial charge in [-0.3, -0.25) is 4.79 Å². The normalized spacial score (nSPS) is 19.4. The SMILES string of the molecule is CN1CCCN(c2nc3c(cc2CN)CCCC3)CC1=O. The van der Waals surface area contributed by atoms with E-state index in [2.05, 4.69) is 11.0 Å². The molecule has 1 aromatic heterocycles. The predicted molar refractivity (Wildman–Crippen MR) is 83.2 cm³/mol. The number of amides is 1. The number of nitrogens with zero attached hydrogens (tertiary/aromatic N) is 3. The number of aryl methyl sites for hydroxylation is 2. The fourth-order valence-corrected chi connectivity index (χ4v) is 3.26. The topological polar surface area (TPSA) is 62.5 Å². The van der Waals surface area contributed by atoms with Crippen LogP contribution in [0.2, 0.25) is 0 Å². The minimum Gasteiger partial charge on any atom is -0.347 e. The Morgan fingerprint density at radius 3 is 2.86 bits per heavy atom. The van der Waals surface area contributed by atoms with E-state index in [1.54, 1.807) is 4.90 Å². The lowest BCUT2D eigenvalue weighted by Gasteiger charge is -2.26. The summed E-state index contributed by atoms with van der Waals surface area (Å²) >= 11 is 0. The molecule has 0 saturated carbocycles. The maximum Gasteiger partial charge on any atom is 0.241 e. The zero-order valence-corrected chi connectivity index (χ0v) is 12.8. The molecule has 21 heavy (non-hydrogen) atoms. The van der Waals surface area contributed by atoms with Crippen LogP contribution in [0.1, 0.15) is 36.1 Å². The van der Waals surface area contributed by atoms with Gasteiger partial charge in [0.25, 0.3) is 0 Å². The van der Waals surface area contributed by atoms with Crippen molar-refractivity contribution in [3.63, 3.8) is 0 Å². The van der Waals surface area contributed by atoms with Crippen molar-refractivity contribution in [3.05, 3.63) is 22.9 Å². The Morgan fingerprint density at radius 1 is 1.24 bits per heavy atom. The third kappa shape index (κ3) is 2.88. The molecule has 114 valence electrons. The molecule has 2 N–H and O–H groups in total. The molecule has 0 aromatic carbocycles. The van der Waals surface area contributed by atoms with Gasteiger partial charge in [0.1, 0.15) is 5.82 Å². The summed E-state index contributed by atoms with van der Waals surface area (Å²) in [5.41, 5.74) is 9.56. The third-order valence-electron chi connectivity index (χ3n) is 4.55. The lowest BCUT2D eigenvalue weighted by Crippen LogP contribution is -2.35. The Bertz CT molecular complexity index is 543. The molecule has 1 aromatic rings. The minimum atomic E-state index is 0.162. The number of fused-ring (bicyclic) bond motifs is 1. The van der Waals surface area contributed by atoms with Crippen LogP contribution >= 0.6 is 0 Å². The van der Waals surface area contributed by atoms with E-state index in [0.717, 1.165) is 43.7 Å². The molecular formula is C16H24N4O. The zero-order valence-electron chi connectivity index (χ0n) is 12.8. The summed E-state index contributed by atoms with van der Waals surface area (Å²) in [5, 5.41) is 0. The molecule has 1 fully saturated rings. The molecular weight excluding hydrogens is 264 g/mol. The van der Waals surface area contributed by atoms with Gasteiger partial charge in [0.05, 0.1) is 6.54 Å². The fraction of sp³-hybridized carbons (Fsp3) is 0.625. The van der Waals surface area contributed by atoms with Gasteiger partial charge in [0.15, 0.2) is 0 Å². The lowest BCUT2D eigenvalue weighted by molar-refractivity contribution is -0.127. The van der Waals surface area contributed by atoms with Crippen molar-refractivity contribution < 1.29 is 4.79 Å². The van der Waals surface area contributed by atoms with Crippen molar-refractivity contribution >= 4 is 11.7 Å². The maximum atomic E-state index is 12.1. The van der Waals surface area contributed by atoms with E-state index in [4.69, 9.17) is 10.7 Å². The van der Waals surface area contributed by atoms with Crippen LogP contribution < -0.4 is 10.6 Å². The number of pyridine rings is 1. The first-order valence-electron chi connectivity index (χ1n) is 7.89. The van der Waals surface area contributed by atoms with E-state index in [-0.39, 0.29) is 5.91 Å². The predicted octanol–water partition coefficient (Wildman–Crippen LogP) is 1.09.